The van der Waals surface area contributed by atoms with Crippen molar-refractivity contribution in [3.63, 3.8) is 0 Å². The van der Waals surface area contributed by atoms with E-state index in [2.05, 4.69) is 34.3 Å². The van der Waals surface area contributed by atoms with Crippen molar-refractivity contribution in [2.75, 3.05) is 19.6 Å². The number of hydrogen-bond donors (Lipinski definition) is 1. The van der Waals surface area contributed by atoms with Gasteiger partial charge in [0.1, 0.15) is 0 Å². The van der Waals surface area contributed by atoms with Crippen molar-refractivity contribution in [3.05, 3.63) is 65.2 Å². The maximum atomic E-state index is 5.75. The van der Waals surface area contributed by atoms with Crippen molar-refractivity contribution in [2.24, 2.45) is 5.73 Å². The topological polar surface area (TPSA) is 55.3 Å². The third kappa shape index (κ3) is 4.51. The van der Waals surface area contributed by atoms with Crippen LogP contribution in [0.1, 0.15) is 11.3 Å². The van der Waals surface area contributed by atoms with Gasteiger partial charge in [-0.05, 0) is 23.4 Å². The van der Waals surface area contributed by atoms with E-state index in [0.29, 0.717) is 6.54 Å². The maximum Gasteiger partial charge on any atom is 0.177 e. The van der Waals surface area contributed by atoms with E-state index in [9.17, 15) is 0 Å². The predicted molar refractivity (Wildman–Crippen MR) is 94.3 cm³/mol. The summed E-state index contributed by atoms with van der Waals surface area (Å²) < 4.78 is 5.45. The highest BCUT2D eigenvalue weighted by Gasteiger charge is 2.11. The molecule has 0 aliphatic heterocycles. The molecule has 120 valence electrons. The molecule has 2 N–H and O–H groups in total. The van der Waals surface area contributed by atoms with Gasteiger partial charge in [0.25, 0.3) is 0 Å². The summed E-state index contributed by atoms with van der Waals surface area (Å²) >= 11 is 1.66. The highest BCUT2D eigenvalue weighted by atomic mass is 32.1. The number of thiophene rings is 1. The van der Waals surface area contributed by atoms with Gasteiger partial charge in [-0.3, -0.25) is 4.90 Å². The van der Waals surface area contributed by atoms with Crippen LogP contribution in [-0.2, 0) is 13.0 Å². The summed E-state index contributed by atoms with van der Waals surface area (Å²) in [5, 5.41) is 6.24. The molecular weight excluding hydrogens is 306 g/mol. The van der Waals surface area contributed by atoms with Crippen LogP contribution in [0.15, 0.2) is 58.4 Å². The highest BCUT2D eigenvalue weighted by molar-refractivity contribution is 7.13. The second-order valence-corrected chi connectivity index (χ2v) is 6.41. The van der Waals surface area contributed by atoms with Crippen molar-refractivity contribution in [3.8, 4) is 10.6 Å². The minimum absolute atomic E-state index is 0.643. The Balaban J connectivity index is 1.60. The van der Waals surface area contributed by atoms with Gasteiger partial charge in [0.05, 0.1) is 10.6 Å². The van der Waals surface area contributed by atoms with Crippen LogP contribution in [-0.4, -0.2) is 29.7 Å². The summed E-state index contributed by atoms with van der Waals surface area (Å²) in [6.07, 6.45) is 1.01. The molecule has 0 saturated heterocycles. The zero-order chi connectivity index (χ0) is 15.9. The van der Waals surface area contributed by atoms with Crippen LogP contribution in [0.4, 0.5) is 0 Å². The van der Waals surface area contributed by atoms with Crippen molar-refractivity contribution in [1.82, 2.24) is 10.1 Å². The van der Waals surface area contributed by atoms with Gasteiger partial charge in [0, 0.05) is 32.2 Å². The molecule has 0 aliphatic carbocycles. The molecule has 3 aromatic rings. The van der Waals surface area contributed by atoms with Crippen LogP contribution >= 0.6 is 11.3 Å². The van der Waals surface area contributed by atoms with Gasteiger partial charge in [0.2, 0.25) is 0 Å². The Labute approximate surface area is 140 Å². The number of nitrogens with two attached hydrogens (primary N) is 1. The average molecular weight is 327 g/mol. The van der Waals surface area contributed by atoms with Crippen LogP contribution in [0.5, 0.6) is 0 Å². The molecule has 0 radical (unpaired) electrons. The molecule has 0 aliphatic rings. The Kier molecular flexibility index (Phi) is 5.58. The molecule has 2 aromatic heterocycles. The molecule has 0 saturated carbocycles. The molecule has 4 nitrogen and oxygen atoms in total. The lowest BCUT2D eigenvalue weighted by atomic mass is 10.1. The van der Waals surface area contributed by atoms with Gasteiger partial charge in [-0.2, -0.15) is 0 Å². The summed E-state index contributed by atoms with van der Waals surface area (Å²) in [4.78, 5) is 3.43. The van der Waals surface area contributed by atoms with E-state index in [0.717, 1.165) is 42.4 Å². The van der Waals surface area contributed by atoms with Gasteiger partial charge < -0.3 is 10.3 Å². The van der Waals surface area contributed by atoms with Crippen molar-refractivity contribution in [1.29, 1.82) is 0 Å². The van der Waals surface area contributed by atoms with Crippen LogP contribution in [0, 0.1) is 0 Å². The van der Waals surface area contributed by atoms with E-state index in [-0.39, 0.29) is 0 Å². The Hall–Kier alpha value is -1.95. The summed E-state index contributed by atoms with van der Waals surface area (Å²) in [5.41, 5.74) is 8.05. The molecule has 0 atom stereocenters. The van der Waals surface area contributed by atoms with E-state index in [1.54, 1.807) is 11.3 Å². The quantitative estimate of drug-likeness (QED) is 0.689. The molecule has 23 heavy (non-hydrogen) atoms. The largest absolute Gasteiger partial charge is 0.355 e. The lowest BCUT2D eigenvalue weighted by Gasteiger charge is -2.20. The molecule has 3 rings (SSSR count). The molecule has 1 aromatic carbocycles. The fourth-order valence-corrected chi connectivity index (χ4v) is 3.21. The zero-order valence-electron chi connectivity index (χ0n) is 13.0. The monoisotopic (exact) mass is 327 g/mol. The summed E-state index contributed by atoms with van der Waals surface area (Å²) in [5.74, 6) is 0.839. The number of hydrogen-bond acceptors (Lipinski definition) is 5. The van der Waals surface area contributed by atoms with Crippen molar-refractivity contribution < 1.29 is 4.52 Å². The van der Waals surface area contributed by atoms with Crippen LogP contribution in [0.3, 0.4) is 0 Å². The minimum atomic E-state index is 0.643. The average Bonchev–Trinajstić information content (AvgIpc) is 3.25. The number of nitrogens with zero attached hydrogens (tertiary/aromatic N) is 2. The third-order valence-electron chi connectivity index (χ3n) is 3.71. The molecule has 0 amide bonds. The van der Waals surface area contributed by atoms with Crippen molar-refractivity contribution >= 4 is 11.3 Å². The first-order chi connectivity index (χ1) is 11.3. The normalized spacial score (nSPS) is 11.2. The van der Waals surface area contributed by atoms with E-state index in [1.807, 2.05) is 29.6 Å². The number of rotatable bonds is 8. The van der Waals surface area contributed by atoms with Gasteiger partial charge in [-0.15, -0.1) is 11.3 Å². The number of benzene rings is 1. The predicted octanol–water partition coefficient (Wildman–Crippen LogP) is 3.41. The van der Waals surface area contributed by atoms with Crippen LogP contribution in [0.2, 0.25) is 0 Å². The molecular formula is C18H21N3OS. The first-order valence-corrected chi connectivity index (χ1v) is 8.69. The fourth-order valence-electron chi connectivity index (χ4n) is 2.53. The second kappa shape index (κ2) is 8.06. The van der Waals surface area contributed by atoms with Gasteiger partial charge >= 0.3 is 0 Å². The zero-order valence-corrected chi connectivity index (χ0v) is 13.8. The standard InChI is InChI=1S/C18H21N3OS/c19-9-11-21(10-8-15-5-2-1-3-6-15)14-16-13-17(22-20-16)18-7-4-12-23-18/h1-7,12-13H,8-11,14,19H2. The Morgan fingerprint density at radius 2 is 1.96 bits per heavy atom. The van der Waals surface area contributed by atoms with Crippen molar-refractivity contribution in [2.45, 2.75) is 13.0 Å². The van der Waals surface area contributed by atoms with Gasteiger partial charge in [0.15, 0.2) is 5.76 Å². The van der Waals surface area contributed by atoms with Crippen LogP contribution < -0.4 is 5.73 Å². The SMILES string of the molecule is NCCN(CCc1ccccc1)Cc1cc(-c2cccs2)on1. The summed E-state index contributed by atoms with van der Waals surface area (Å²) in [6.45, 7) is 3.22. The lowest BCUT2D eigenvalue weighted by Crippen LogP contribution is -2.31. The first kappa shape index (κ1) is 15.9. The maximum absolute atomic E-state index is 5.75. The summed E-state index contributed by atoms with van der Waals surface area (Å²) in [7, 11) is 0. The van der Waals surface area contributed by atoms with Crippen LogP contribution in [0.25, 0.3) is 10.6 Å². The first-order valence-electron chi connectivity index (χ1n) is 7.81. The van der Waals surface area contributed by atoms with E-state index < -0.39 is 0 Å². The molecule has 0 bridgehead atoms. The lowest BCUT2D eigenvalue weighted by molar-refractivity contribution is 0.267. The number of aromatic nitrogens is 1. The van der Waals surface area contributed by atoms with E-state index in [4.69, 9.17) is 10.3 Å². The Bertz CT molecular complexity index is 694. The van der Waals surface area contributed by atoms with Gasteiger partial charge in [-0.25, -0.2) is 0 Å². The minimum Gasteiger partial charge on any atom is -0.355 e. The Morgan fingerprint density at radius 3 is 2.70 bits per heavy atom. The molecule has 0 unspecified atom stereocenters. The Morgan fingerprint density at radius 1 is 1.09 bits per heavy atom. The summed E-state index contributed by atoms with van der Waals surface area (Å²) in [6, 6.07) is 16.6. The van der Waals surface area contributed by atoms with E-state index >= 15 is 0 Å². The smallest absolute Gasteiger partial charge is 0.177 e. The highest BCUT2D eigenvalue weighted by Crippen LogP contribution is 2.25. The molecule has 0 spiro atoms. The van der Waals surface area contributed by atoms with Gasteiger partial charge in [-0.1, -0.05) is 41.6 Å². The molecule has 0 fully saturated rings. The second-order valence-electron chi connectivity index (χ2n) is 5.46. The molecule has 5 heteroatoms. The molecule has 2 heterocycles. The third-order valence-corrected chi connectivity index (χ3v) is 4.60. The van der Waals surface area contributed by atoms with E-state index in [1.165, 1.54) is 5.56 Å². The fraction of sp³-hybridized carbons (Fsp3) is 0.278.